The van der Waals surface area contributed by atoms with Gasteiger partial charge < -0.3 is 25.3 Å². The predicted octanol–water partition coefficient (Wildman–Crippen LogP) is 4.63. The second kappa shape index (κ2) is 14.3. The van der Waals surface area contributed by atoms with Gasteiger partial charge in [0.2, 0.25) is 11.8 Å². The molecule has 3 N–H and O–H groups in total. The lowest BCUT2D eigenvalue weighted by atomic mass is 10.1. The Morgan fingerprint density at radius 1 is 1.08 bits per heavy atom. The zero-order valence-electron chi connectivity index (χ0n) is 22.6. The van der Waals surface area contributed by atoms with E-state index in [0.29, 0.717) is 38.8 Å². The first-order chi connectivity index (χ1) is 17.5. The largest absolute Gasteiger partial charge is 0.444 e. The Morgan fingerprint density at radius 3 is 2.49 bits per heavy atom. The van der Waals surface area contributed by atoms with Crippen molar-refractivity contribution in [2.45, 2.75) is 84.0 Å². The number of hydrogen-bond donors (Lipinski definition) is 3. The number of ether oxygens (including phenoxy) is 1. The van der Waals surface area contributed by atoms with E-state index in [-0.39, 0.29) is 24.3 Å². The minimum absolute atomic E-state index is 0.0879. The van der Waals surface area contributed by atoms with Crippen LogP contribution in [0.4, 0.5) is 4.79 Å². The van der Waals surface area contributed by atoms with Crippen molar-refractivity contribution < 1.29 is 19.1 Å². The molecule has 37 heavy (non-hydrogen) atoms. The van der Waals surface area contributed by atoms with E-state index in [2.05, 4.69) is 33.7 Å². The summed E-state index contributed by atoms with van der Waals surface area (Å²) in [5.41, 5.74) is 1.38. The summed E-state index contributed by atoms with van der Waals surface area (Å²) in [6.07, 6.45) is 7.61. The van der Waals surface area contributed by atoms with Crippen LogP contribution in [0.2, 0.25) is 0 Å². The number of allylic oxidation sites excluding steroid dienone is 1. The Hall–Kier alpha value is -3.55. The van der Waals surface area contributed by atoms with Crippen LogP contribution < -0.4 is 16.0 Å². The van der Waals surface area contributed by atoms with Gasteiger partial charge in [-0.05, 0) is 65.0 Å². The third kappa shape index (κ3) is 10.1. The number of rotatable bonds is 14. The molecule has 2 rings (SSSR count). The molecule has 8 nitrogen and oxygen atoms in total. The van der Waals surface area contributed by atoms with Crippen molar-refractivity contribution >= 4 is 28.8 Å². The van der Waals surface area contributed by atoms with Crippen LogP contribution in [0.5, 0.6) is 0 Å². The van der Waals surface area contributed by atoms with Gasteiger partial charge in [-0.15, -0.1) is 13.2 Å². The number of hydrogen-bond acceptors (Lipinski definition) is 4. The first-order valence-corrected chi connectivity index (χ1v) is 12.9. The first-order valence-electron chi connectivity index (χ1n) is 12.9. The predicted molar refractivity (Wildman–Crippen MR) is 148 cm³/mol. The molecule has 0 saturated heterocycles. The van der Waals surface area contributed by atoms with Crippen molar-refractivity contribution in [2.75, 3.05) is 6.54 Å². The van der Waals surface area contributed by atoms with Gasteiger partial charge in [-0.1, -0.05) is 30.4 Å². The quantitative estimate of drug-likeness (QED) is 0.255. The molecule has 1 aromatic heterocycles. The number of carbonyl (C=O) groups excluding carboxylic acids is 3. The van der Waals surface area contributed by atoms with Gasteiger partial charge in [-0.2, -0.15) is 0 Å². The second-order valence-electron chi connectivity index (χ2n) is 10.3. The number of para-hydroxylation sites is 1. The Bertz CT molecular complexity index is 1080. The normalized spacial score (nSPS) is 12.9. The fourth-order valence-electron chi connectivity index (χ4n) is 4.07. The molecule has 0 fully saturated rings. The minimum Gasteiger partial charge on any atom is -0.444 e. The Kier molecular flexibility index (Phi) is 11.4. The number of fused-ring (bicyclic) bond motifs is 1. The van der Waals surface area contributed by atoms with Gasteiger partial charge in [0, 0.05) is 36.2 Å². The molecular weight excluding hydrogens is 468 g/mol. The second-order valence-corrected chi connectivity index (χ2v) is 10.3. The molecule has 0 aliphatic heterocycles. The lowest BCUT2D eigenvalue weighted by Crippen LogP contribution is -2.49. The molecule has 0 radical (unpaired) electrons. The first kappa shape index (κ1) is 29.7. The number of carbonyl (C=O) groups is 3. The molecule has 1 heterocycles. The van der Waals surface area contributed by atoms with Crippen LogP contribution in [0.15, 0.2) is 55.8 Å². The van der Waals surface area contributed by atoms with E-state index in [9.17, 15) is 14.4 Å². The number of nitrogens with one attached hydrogen (secondary N) is 3. The van der Waals surface area contributed by atoms with Gasteiger partial charge in [-0.25, -0.2) is 4.79 Å². The van der Waals surface area contributed by atoms with Crippen molar-refractivity contribution in [3.63, 3.8) is 0 Å². The smallest absolute Gasteiger partial charge is 0.407 e. The SMILES string of the molecule is C=CC[C@@H](C)NC(=O)[C@@H](CCCCNC(=O)OC(C)(C)C)NC(=O)Cc1cn(CC=C)c2ccccc12. The molecule has 3 amide bonds. The topological polar surface area (TPSA) is 101 Å². The van der Waals surface area contributed by atoms with E-state index < -0.39 is 17.7 Å². The molecule has 0 saturated carbocycles. The van der Waals surface area contributed by atoms with Crippen LogP contribution in [0.1, 0.15) is 58.9 Å². The van der Waals surface area contributed by atoms with Crippen LogP contribution in [-0.2, 0) is 27.3 Å². The van der Waals surface area contributed by atoms with Gasteiger partial charge in [0.15, 0.2) is 0 Å². The molecule has 0 spiro atoms. The summed E-state index contributed by atoms with van der Waals surface area (Å²) in [7, 11) is 0. The Balaban J connectivity index is 2.01. The van der Waals surface area contributed by atoms with Crippen LogP contribution in [0.25, 0.3) is 10.9 Å². The molecular formula is C29H42N4O4. The zero-order valence-corrected chi connectivity index (χ0v) is 22.6. The lowest BCUT2D eigenvalue weighted by Gasteiger charge is -2.21. The number of unbranched alkanes of at least 4 members (excludes halogenated alkanes) is 1. The van der Waals surface area contributed by atoms with Crippen molar-refractivity contribution in [3.05, 3.63) is 61.3 Å². The monoisotopic (exact) mass is 510 g/mol. The third-order valence-corrected chi connectivity index (χ3v) is 5.70. The van der Waals surface area contributed by atoms with Crippen LogP contribution >= 0.6 is 0 Å². The summed E-state index contributed by atoms with van der Waals surface area (Å²) in [5, 5.41) is 9.62. The number of nitrogens with zero attached hydrogens (tertiary/aromatic N) is 1. The molecule has 1 aromatic carbocycles. The van der Waals surface area contributed by atoms with E-state index in [1.807, 2.05) is 64.2 Å². The van der Waals surface area contributed by atoms with Gasteiger partial charge in [-0.3, -0.25) is 9.59 Å². The van der Waals surface area contributed by atoms with Crippen molar-refractivity contribution in [3.8, 4) is 0 Å². The lowest BCUT2D eigenvalue weighted by molar-refractivity contribution is -0.129. The van der Waals surface area contributed by atoms with Crippen molar-refractivity contribution in [1.82, 2.24) is 20.5 Å². The van der Waals surface area contributed by atoms with E-state index in [1.54, 1.807) is 6.08 Å². The summed E-state index contributed by atoms with van der Waals surface area (Å²) in [6.45, 7) is 15.9. The number of amides is 3. The summed E-state index contributed by atoms with van der Waals surface area (Å²) in [5.74, 6) is -0.443. The van der Waals surface area contributed by atoms with E-state index in [4.69, 9.17) is 4.74 Å². The van der Waals surface area contributed by atoms with Gasteiger partial charge in [0.1, 0.15) is 11.6 Å². The maximum absolute atomic E-state index is 13.1. The van der Waals surface area contributed by atoms with E-state index in [1.165, 1.54) is 0 Å². The van der Waals surface area contributed by atoms with E-state index in [0.717, 1.165) is 16.5 Å². The highest BCUT2D eigenvalue weighted by Gasteiger charge is 2.23. The standard InChI is InChI=1S/C29H42N4O4/c1-7-13-21(3)31-27(35)24(15-11-12-17-30-28(36)37-29(4,5)6)32-26(34)19-22-20-33(18-8-2)25-16-10-9-14-23(22)25/h7-10,14,16,20-21,24H,1-2,11-13,15,17-19H2,3-6H3,(H,30,36)(H,31,35)(H,32,34)/t21-,24-/m1/s1. The maximum Gasteiger partial charge on any atom is 0.407 e. The van der Waals surface area contributed by atoms with Crippen LogP contribution in [0, 0.1) is 0 Å². The van der Waals surface area contributed by atoms with Gasteiger partial charge in [0.05, 0.1) is 6.42 Å². The molecule has 2 aromatic rings. The zero-order chi connectivity index (χ0) is 27.4. The highest BCUT2D eigenvalue weighted by atomic mass is 16.6. The highest BCUT2D eigenvalue weighted by Crippen LogP contribution is 2.22. The summed E-state index contributed by atoms with van der Waals surface area (Å²) < 4.78 is 7.30. The fourth-order valence-corrected chi connectivity index (χ4v) is 4.07. The van der Waals surface area contributed by atoms with Crippen molar-refractivity contribution in [2.24, 2.45) is 0 Å². The average Bonchev–Trinajstić information content (AvgIpc) is 3.14. The van der Waals surface area contributed by atoms with Gasteiger partial charge in [0.25, 0.3) is 0 Å². The summed E-state index contributed by atoms with van der Waals surface area (Å²) >= 11 is 0. The Morgan fingerprint density at radius 2 is 1.81 bits per heavy atom. The fraction of sp³-hybridized carbons (Fsp3) is 0.483. The van der Waals surface area contributed by atoms with E-state index >= 15 is 0 Å². The molecule has 0 bridgehead atoms. The molecule has 2 atom stereocenters. The summed E-state index contributed by atoms with van der Waals surface area (Å²) in [4.78, 5) is 37.9. The molecule has 8 heteroatoms. The average molecular weight is 511 g/mol. The van der Waals surface area contributed by atoms with Gasteiger partial charge >= 0.3 is 6.09 Å². The molecule has 0 aliphatic rings. The van der Waals surface area contributed by atoms with Crippen LogP contribution in [0.3, 0.4) is 0 Å². The third-order valence-electron chi connectivity index (χ3n) is 5.70. The van der Waals surface area contributed by atoms with Crippen LogP contribution in [-0.4, -0.2) is 46.7 Å². The number of alkyl carbamates (subject to hydrolysis) is 1. The Labute approximate surface area is 220 Å². The number of aromatic nitrogens is 1. The molecule has 202 valence electrons. The van der Waals surface area contributed by atoms with Crippen molar-refractivity contribution in [1.29, 1.82) is 0 Å². The number of benzene rings is 1. The molecule has 0 unspecified atom stereocenters. The maximum atomic E-state index is 13.1. The molecule has 0 aliphatic carbocycles. The summed E-state index contributed by atoms with van der Waals surface area (Å²) in [6, 6.07) is 7.16. The minimum atomic E-state index is -0.678. The highest BCUT2D eigenvalue weighted by molar-refractivity contribution is 5.92.